The molecular formula is C19H24FN3O3. The molecule has 3 rings (SSSR count). The van der Waals surface area contributed by atoms with Crippen molar-refractivity contribution < 1.29 is 18.8 Å². The standard InChI is InChI=1S/C19H24FN3O3/c1-13-6-8-19(9-7-13)17(25)23(18(26)21-19)12-16(24)22(2)11-14-4-3-5-15(20)10-14/h3-5,10,13H,6-9,11-12H2,1-2H3,(H,21,26). The van der Waals surface area contributed by atoms with Crippen molar-refractivity contribution >= 4 is 17.8 Å². The summed E-state index contributed by atoms with van der Waals surface area (Å²) in [5.74, 6) is -0.495. The molecule has 1 spiro atoms. The van der Waals surface area contributed by atoms with Crippen LogP contribution in [0.1, 0.15) is 38.2 Å². The first kappa shape index (κ1) is 18.4. The fraction of sp³-hybridized carbons (Fsp3) is 0.526. The third kappa shape index (κ3) is 3.57. The summed E-state index contributed by atoms with van der Waals surface area (Å²) in [6.45, 7) is 2.05. The summed E-state index contributed by atoms with van der Waals surface area (Å²) in [5.41, 5.74) is -0.193. The van der Waals surface area contributed by atoms with E-state index in [4.69, 9.17) is 0 Å². The number of carbonyl (C=O) groups excluding carboxylic acids is 3. The maximum atomic E-state index is 13.3. The molecule has 1 N–H and O–H groups in total. The molecule has 0 radical (unpaired) electrons. The van der Waals surface area contributed by atoms with Crippen molar-refractivity contribution in [2.24, 2.45) is 5.92 Å². The van der Waals surface area contributed by atoms with Gasteiger partial charge in [-0.25, -0.2) is 9.18 Å². The smallest absolute Gasteiger partial charge is 0.325 e. The minimum atomic E-state index is -0.842. The lowest BCUT2D eigenvalue weighted by atomic mass is 9.77. The van der Waals surface area contributed by atoms with Gasteiger partial charge in [0.05, 0.1) is 0 Å². The third-order valence-corrected chi connectivity index (χ3v) is 5.40. The minimum absolute atomic E-state index is 0.211. The average molecular weight is 361 g/mol. The van der Waals surface area contributed by atoms with E-state index >= 15 is 0 Å². The van der Waals surface area contributed by atoms with E-state index in [1.807, 2.05) is 0 Å². The average Bonchev–Trinajstić information content (AvgIpc) is 2.82. The van der Waals surface area contributed by atoms with Crippen molar-refractivity contribution in [3.8, 4) is 0 Å². The molecule has 4 amide bonds. The molecule has 6 nitrogen and oxygen atoms in total. The summed E-state index contributed by atoms with van der Waals surface area (Å²) in [4.78, 5) is 39.9. The van der Waals surface area contributed by atoms with Gasteiger partial charge in [0.1, 0.15) is 17.9 Å². The van der Waals surface area contributed by atoms with Gasteiger partial charge >= 0.3 is 6.03 Å². The Morgan fingerprint density at radius 1 is 1.35 bits per heavy atom. The Morgan fingerprint density at radius 3 is 2.69 bits per heavy atom. The van der Waals surface area contributed by atoms with E-state index in [1.54, 1.807) is 19.2 Å². The van der Waals surface area contributed by atoms with Crippen LogP contribution in [0.15, 0.2) is 24.3 Å². The van der Waals surface area contributed by atoms with E-state index in [1.165, 1.54) is 17.0 Å². The molecule has 1 aromatic rings. The largest absolute Gasteiger partial charge is 0.340 e. The van der Waals surface area contributed by atoms with Gasteiger partial charge in [-0.2, -0.15) is 0 Å². The maximum Gasteiger partial charge on any atom is 0.325 e. The Hall–Kier alpha value is -2.44. The Bertz CT molecular complexity index is 728. The molecule has 0 atom stereocenters. The molecule has 1 saturated heterocycles. The number of amides is 4. The maximum absolute atomic E-state index is 13.3. The summed E-state index contributed by atoms with van der Waals surface area (Å²) < 4.78 is 13.3. The van der Waals surface area contributed by atoms with Crippen LogP contribution < -0.4 is 5.32 Å². The zero-order valence-electron chi connectivity index (χ0n) is 15.1. The van der Waals surface area contributed by atoms with Gasteiger partial charge in [-0.1, -0.05) is 19.1 Å². The SMILES string of the molecule is CC1CCC2(CC1)NC(=O)N(CC(=O)N(C)Cc1cccc(F)c1)C2=O. The van der Waals surface area contributed by atoms with Gasteiger partial charge < -0.3 is 10.2 Å². The predicted octanol–water partition coefficient (Wildman–Crippen LogP) is 2.28. The quantitative estimate of drug-likeness (QED) is 0.837. The van der Waals surface area contributed by atoms with Crippen LogP contribution in [0.25, 0.3) is 0 Å². The minimum Gasteiger partial charge on any atom is -0.340 e. The highest BCUT2D eigenvalue weighted by molar-refractivity contribution is 6.09. The van der Waals surface area contributed by atoms with Crippen molar-refractivity contribution in [3.63, 3.8) is 0 Å². The number of likely N-dealkylation sites (N-methyl/N-ethyl adjacent to an activating group) is 1. The molecule has 140 valence electrons. The number of carbonyl (C=O) groups is 3. The molecule has 1 aliphatic carbocycles. The number of imide groups is 1. The second-order valence-electron chi connectivity index (χ2n) is 7.47. The number of hydrogen-bond donors (Lipinski definition) is 1. The molecule has 7 heteroatoms. The fourth-order valence-corrected chi connectivity index (χ4v) is 3.67. The lowest BCUT2D eigenvalue weighted by molar-refractivity contribution is -0.139. The third-order valence-electron chi connectivity index (χ3n) is 5.40. The summed E-state index contributed by atoms with van der Waals surface area (Å²) in [5, 5.41) is 2.81. The van der Waals surface area contributed by atoms with Crippen LogP contribution in [0, 0.1) is 11.7 Å². The number of benzene rings is 1. The van der Waals surface area contributed by atoms with Gasteiger partial charge in [-0.15, -0.1) is 0 Å². The van der Waals surface area contributed by atoms with Gasteiger partial charge in [-0.05, 0) is 49.3 Å². The first-order chi connectivity index (χ1) is 12.3. The van der Waals surface area contributed by atoms with E-state index in [-0.39, 0.29) is 30.7 Å². The normalized spacial score (nSPS) is 25.5. The number of halogens is 1. The monoisotopic (exact) mass is 361 g/mol. The molecule has 1 aromatic carbocycles. The molecule has 1 aliphatic heterocycles. The van der Waals surface area contributed by atoms with Gasteiger partial charge in [0.15, 0.2) is 0 Å². The number of hydrogen-bond acceptors (Lipinski definition) is 3. The van der Waals surface area contributed by atoms with E-state index in [9.17, 15) is 18.8 Å². The van der Waals surface area contributed by atoms with Crippen LogP contribution in [0.4, 0.5) is 9.18 Å². The first-order valence-corrected chi connectivity index (χ1v) is 8.93. The zero-order chi connectivity index (χ0) is 18.9. The van der Waals surface area contributed by atoms with Crippen LogP contribution in [0.3, 0.4) is 0 Å². The van der Waals surface area contributed by atoms with Crippen molar-refractivity contribution in [3.05, 3.63) is 35.6 Å². The van der Waals surface area contributed by atoms with Crippen LogP contribution in [0.2, 0.25) is 0 Å². The summed E-state index contributed by atoms with van der Waals surface area (Å²) in [6.07, 6.45) is 2.99. The van der Waals surface area contributed by atoms with Crippen molar-refractivity contribution in [2.75, 3.05) is 13.6 Å². The van der Waals surface area contributed by atoms with Crippen molar-refractivity contribution in [1.29, 1.82) is 0 Å². The Morgan fingerprint density at radius 2 is 2.04 bits per heavy atom. The topological polar surface area (TPSA) is 69.7 Å². The number of nitrogens with one attached hydrogen (secondary N) is 1. The number of urea groups is 1. The number of rotatable bonds is 4. The molecule has 0 unspecified atom stereocenters. The first-order valence-electron chi connectivity index (χ1n) is 8.93. The molecule has 0 aromatic heterocycles. The summed E-state index contributed by atoms with van der Waals surface area (Å²) >= 11 is 0. The Labute approximate surface area is 152 Å². The number of nitrogens with zero attached hydrogens (tertiary/aromatic N) is 2. The van der Waals surface area contributed by atoms with Crippen molar-refractivity contribution in [2.45, 2.75) is 44.7 Å². The van der Waals surface area contributed by atoms with Gasteiger partial charge in [0.2, 0.25) is 5.91 Å². The molecule has 2 aliphatic rings. The van der Waals surface area contributed by atoms with E-state index in [2.05, 4.69) is 12.2 Å². The van der Waals surface area contributed by atoms with Crippen molar-refractivity contribution in [1.82, 2.24) is 15.1 Å². The lowest BCUT2D eigenvalue weighted by Gasteiger charge is -2.33. The molecule has 1 saturated carbocycles. The van der Waals surface area contributed by atoms with Crippen LogP contribution in [-0.4, -0.2) is 46.8 Å². The van der Waals surface area contributed by atoms with E-state index < -0.39 is 11.6 Å². The molecule has 2 fully saturated rings. The predicted molar refractivity (Wildman–Crippen MR) is 93.5 cm³/mol. The van der Waals surface area contributed by atoms with Crippen LogP contribution >= 0.6 is 0 Å². The molecule has 0 bridgehead atoms. The van der Waals surface area contributed by atoms with E-state index in [0.29, 0.717) is 24.3 Å². The van der Waals surface area contributed by atoms with Crippen LogP contribution in [-0.2, 0) is 16.1 Å². The summed E-state index contributed by atoms with van der Waals surface area (Å²) in [6, 6.07) is 5.49. The Kier molecular flexibility index (Phi) is 4.98. The van der Waals surface area contributed by atoms with E-state index in [0.717, 1.165) is 17.7 Å². The Balaban J connectivity index is 1.63. The molecule has 1 heterocycles. The second-order valence-corrected chi connectivity index (χ2v) is 7.47. The zero-order valence-corrected chi connectivity index (χ0v) is 15.1. The highest BCUT2D eigenvalue weighted by atomic mass is 19.1. The molecular weight excluding hydrogens is 337 g/mol. The van der Waals surface area contributed by atoms with Gasteiger partial charge in [-0.3, -0.25) is 14.5 Å². The van der Waals surface area contributed by atoms with Crippen LogP contribution in [0.5, 0.6) is 0 Å². The highest BCUT2D eigenvalue weighted by Gasteiger charge is 2.52. The fourth-order valence-electron chi connectivity index (χ4n) is 3.67. The molecule has 26 heavy (non-hydrogen) atoms. The van der Waals surface area contributed by atoms with Gasteiger partial charge in [0.25, 0.3) is 5.91 Å². The second kappa shape index (κ2) is 7.05. The lowest BCUT2D eigenvalue weighted by Crippen LogP contribution is -2.50. The summed E-state index contributed by atoms with van der Waals surface area (Å²) in [7, 11) is 1.57. The van der Waals surface area contributed by atoms with Gasteiger partial charge in [0, 0.05) is 13.6 Å². The highest BCUT2D eigenvalue weighted by Crippen LogP contribution is 2.36.